The normalized spacial score (nSPS) is 10.4. The number of benzene rings is 2. The van der Waals surface area contributed by atoms with Crippen molar-refractivity contribution in [1.29, 1.82) is 5.26 Å². The third-order valence-electron chi connectivity index (χ3n) is 3.94. The van der Waals surface area contributed by atoms with Gasteiger partial charge in [-0.05, 0) is 24.3 Å². The zero-order chi connectivity index (χ0) is 20.3. The van der Waals surface area contributed by atoms with Crippen molar-refractivity contribution in [2.45, 2.75) is 6.61 Å². The van der Waals surface area contributed by atoms with Crippen LogP contribution in [0.4, 0.5) is 11.8 Å². The Labute approximate surface area is 171 Å². The van der Waals surface area contributed by atoms with Gasteiger partial charge in [0.05, 0.1) is 12.8 Å². The Bertz CT molecular complexity index is 1060. The molecule has 0 aliphatic carbocycles. The van der Waals surface area contributed by atoms with Gasteiger partial charge in [0, 0.05) is 21.2 Å². The molecule has 0 radical (unpaired) electrons. The molecule has 3 aromatic rings. The summed E-state index contributed by atoms with van der Waals surface area (Å²) in [6.45, 7) is 0.0732. The summed E-state index contributed by atoms with van der Waals surface area (Å²) in [6.07, 6.45) is 0. The largest absolute Gasteiger partial charge is 0.493 e. The Kier molecular flexibility index (Phi) is 5.73. The van der Waals surface area contributed by atoms with Crippen molar-refractivity contribution in [3.8, 4) is 28.8 Å². The molecule has 0 unspecified atom stereocenters. The van der Waals surface area contributed by atoms with Gasteiger partial charge in [-0.3, -0.25) is 0 Å². The number of ether oxygens (including phenoxy) is 2. The van der Waals surface area contributed by atoms with Crippen LogP contribution in [0.2, 0.25) is 10.0 Å². The van der Waals surface area contributed by atoms with E-state index in [2.05, 4.69) is 9.97 Å². The first-order valence-corrected chi connectivity index (χ1v) is 8.78. The number of aromatic nitrogens is 2. The molecule has 1 heterocycles. The van der Waals surface area contributed by atoms with Crippen molar-refractivity contribution in [1.82, 2.24) is 9.97 Å². The summed E-state index contributed by atoms with van der Waals surface area (Å²) in [5, 5.41) is 10.4. The number of para-hydroxylation sites is 1. The van der Waals surface area contributed by atoms with Gasteiger partial charge in [0.15, 0.2) is 11.5 Å². The van der Waals surface area contributed by atoms with Gasteiger partial charge in [-0.15, -0.1) is 0 Å². The minimum absolute atomic E-state index is 0.0204. The molecule has 0 amide bonds. The fourth-order valence-electron chi connectivity index (χ4n) is 2.63. The fourth-order valence-corrected chi connectivity index (χ4v) is 3.13. The van der Waals surface area contributed by atoms with Crippen LogP contribution in [0.1, 0.15) is 11.1 Å². The van der Waals surface area contributed by atoms with Crippen LogP contribution in [0.5, 0.6) is 11.5 Å². The molecular weight excluding hydrogens is 401 g/mol. The second kappa shape index (κ2) is 8.21. The van der Waals surface area contributed by atoms with E-state index in [1.807, 2.05) is 6.07 Å². The lowest BCUT2D eigenvalue weighted by atomic mass is 10.1. The Morgan fingerprint density at radius 3 is 2.39 bits per heavy atom. The molecule has 0 fully saturated rings. The molecule has 4 N–H and O–H groups in total. The molecule has 0 atom stereocenters. The van der Waals surface area contributed by atoms with E-state index in [1.54, 1.807) is 36.4 Å². The lowest BCUT2D eigenvalue weighted by Crippen LogP contribution is -2.06. The molecule has 0 bridgehead atoms. The minimum atomic E-state index is -0.0607. The Balaban J connectivity index is 2.12. The van der Waals surface area contributed by atoms with E-state index in [4.69, 9.17) is 44.1 Å². The van der Waals surface area contributed by atoms with Crippen molar-refractivity contribution in [2.24, 2.45) is 0 Å². The predicted octanol–water partition coefficient (Wildman–Crippen LogP) is 4.07. The van der Waals surface area contributed by atoms with Crippen LogP contribution in [0, 0.1) is 11.3 Å². The Morgan fingerprint density at radius 2 is 1.75 bits per heavy atom. The fraction of sp³-hybridized carbons (Fsp3) is 0.105. The second-order valence-electron chi connectivity index (χ2n) is 5.63. The first-order valence-electron chi connectivity index (χ1n) is 8.02. The zero-order valence-electron chi connectivity index (χ0n) is 14.7. The van der Waals surface area contributed by atoms with Gasteiger partial charge in [0.1, 0.15) is 24.1 Å². The summed E-state index contributed by atoms with van der Waals surface area (Å²) >= 11 is 12.4. The molecule has 0 saturated heterocycles. The second-order valence-corrected chi connectivity index (χ2v) is 6.44. The molecule has 0 aliphatic heterocycles. The summed E-state index contributed by atoms with van der Waals surface area (Å²) in [5.41, 5.74) is 13.0. The van der Waals surface area contributed by atoms with Gasteiger partial charge >= 0.3 is 0 Å². The van der Waals surface area contributed by atoms with E-state index >= 15 is 0 Å². The van der Waals surface area contributed by atoms with Gasteiger partial charge in [0.25, 0.3) is 0 Å². The van der Waals surface area contributed by atoms with Crippen molar-refractivity contribution in [3.63, 3.8) is 0 Å². The van der Waals surface area contributed by atoms with Crippen LogP contribution in [0.25, 0.3) is 11.3 Å². The van der Waals surface area contributed by atoms with Gasteiger partial charge < -0.3 is 20.9 Å². The Morgan fingerprint density at radius 1 is 1.07 bits per heavy atom. The number of methoxy groups -OCH3 is 1. The van der Waals surface area contributed by atoms with Gasteiger partial charge in [-0.2, -0.15) is 10.2 Å². The van der Waals surface area contributed by atoms with E-state index in [0.717, 1.165) is 0 Å². The molecule has 2 aromatic carbocycles. The smallest absolute Gasteiger partial charge is 0.222 e. The molecule has 7 nitrogen and oxygen atoms in total. The molecule has 1 aromatic heterocycles. The van der Waals surface area contributed by atoms with Crippen molar-refractivity contribution in [2.75, 3.05) is 18.6 Å². The van der Waals surface area contributed by atoms with E-state index in [0.29, 0.717) is 32.7 Å². The average Bonchev–Trinajstić information content (AvgIpc) is 2.67. The molecular formula is C19H15Cl2N5O2. The maximum absolute atomic E-state index is 9.49. The Hall–Kier alpha value is -3.21. The van der Waals surface area contributed by atoms with Crippen LogP contribution < -0.4 is 20.9 Å². The third-order valence-corrected chi connectivity index (χ3v) is 4.65. The topological polar surface area (TPSA) is 120 Å². The van der Waals surface area contributed by atoms with Crippen LogP contribution in [0.3, 0.4) is 0 Å². The molecule has 142 valence electrons. The number of halogens is 2. The van der Waals surface area contributed by atoms with E-state index in [9.17, 15) is 5.26 Å². The highest BCUT2D eigenvalue weighted by atomic mass is 35.5. The first-order chi connectivity index (χ1) is 13.5. The lowest BCUT2D eigenvalue weighted by molar-refractivity contribution is 0.286. The van der Waals surface area contributed by atoms with Crippen LogP contribution >= 0.6 is 23.2 Å². The number of hydrogen-bond acceptors (Lipinski definition) is 7. The van der Waals surface area contributed by atoms with Crippen LogP contribution in [0.15, 0.2) is 36.4 Å². The maximum Gasteiger partial charge on any atom is 0.222 e. The summed E-state index contributed by atoms with van der Waals surface area (Å²) in [6, 6.07) is 12.3. The molecule has 0 spiro atoms. The standard InChI is InChI=1S/C19H15Cl2N5O2/c1-27-15-7-2-4-10(16-11(8-22)18(23)26-19(24)25-16)17(15)28-9-12-13(20)5-3-6-14(12)21/h2-7H,9H2,1H3,(H4,23,24,25,26). The quantitative estimate of drug-likeness (QED) is 0.643. The van der Waals surface area contributed by atoms with Crippen molar-refractivity contribution >= 4 is 35.0 Å². The van der Waals surface area contributed by atoms with E-state index in [-0.39, 0.29) is 29.6 Å². The highest BCUT2D eigenvalue weighted by molar-refractivity contribution is 6.35. The van der Waals surface area contributed by atoms with Gasteiger partial charge in [-0.1, -0.05) is 35.3 Å². The predicted molar refractivity (Wildman–Crippen MR) is 108 cm³/mol. The first kappa shape index (κ1) is 19.5. The summed E-state index contributed by atoms with van der Waals surface area (Å²) in [7, 11) is 1.50. The SMILES string of the molecule is COc1cccc(-c2nc(N)nc(N)c2C#N)c1OCc1c(Cl)cccc1Cl. The van der Waals surface area contributed by atoms with Crippen LogP contribution in [-0.2, 0) is 6.61 Å². The maximum atomic E-state index is 9.49. The highest BCUT2D eigenvalue weighted by Gasteiger charge is 2.20. The number of nitriles is 1. The molecule has 0 aliphatic rings. The number of hydrogen-bond donors (Lipinski definition) is 2. The lowest BCUT2D eigenvalue weighted by Gasteiger charge is -2.17. The molecule has 0 saturated carbocycles. The van der Waals surface area contributed by atoms with Gasteiger partial charge in [0.2, 0.25) is 5.95 Å². The van der Waals surface area contributed by atoms with Gasteiger partial charge in [-0.25, -0.2) is 4.98 Å². The summed E-state index contributed by atoms with van der Waals surface area (Å²) in [4.78, 5) is 8.01. The average molecular weight is 416 g/mol. The number of nitrogens with two attached hydrogens (primary N) is 2. The number of nitrogens with zero attached hydrogens (tertiary/aromatic N) is 3. The van der Waals surface area contributed by atoms with E-state index in [1.165, 1.54) is 7.11 Å². The van der Waals surface area contributed by atoms with Crippen LogP contribution in [-0.4, -0.2) is 17.1 Å². The number of anilines is 2. The number of nitrogen functional groups attached to an aromatic ring is 2. The monoisotopic (exact) mass is 415 g/mol. The minimum Gasteiger partial charge on any atom is -0.493 e. The van der Waals surface area contributed by atoms with Crippen molar-refractivity contribution in [3.05, 3.63) is 57.6 Å². The number of rotatable bonds is 5. The zero-order valence-corrected chi connectivity index (χ0v) is 16.3. The molecule has 9 heteroatoms. The highest BCUT2D eigenvalue weighted by Crippen LogP contribution is 2.40. The van der Waals surface area contributed by atoms with E-state index < -0.39 is 0 Å². The summed E-state index contributed by atoms with van der Waals surface area (Å²) in [5.74, 6) is 0.692. The molecule has 28 heavy (non-hydrogen) atoms. The summed E-state index contributed by atoms with van der Waals surface area (Å²) < 4.78 is 11.4. The van der Waals surface area contributed by atoms with Crippen molar-refractivity contribution < 1.29 is 9.47 Å². The molecule has 3 rings (SSSR count). The third kappa shape index (κ3) is 3.74.